The number of aromatic amines is 1. The Labute approximate surface area is 457 Å². The van der Waals surface area contributed by atoms with Crippen molar-refractivity contribution in [2.75, 3.05) is 6.54 Å². The zero-order valence-corrected chi connectivity index (χ0v) is 46.2. The number of H-pyrrole nitrogens is 1. The molecule has 2 aromatic heterocycles. The molecule has 26 nitrogen and oxygen atoms in total. The Hall–Kier alpha value is -8.06. The fourth-order valence-electron chi connectivity index (χ4n) is 10.2. The Kier molecular flexibility index (Phi) is 19.8. The van der Waals surface area contributed by atoms with Crippen LogP contribution in [0.2, 0.25) is 0 Å². The maximum absolute atomic E-state index is 15.1. The number of amides is 9. The number of aliphatic carboxylic acids is 1. The summed E-state index contributed by atoms with van der Waals surface area (Å²) in [6, 6.07) is -6.32. The summed E-state index contributed by atoms with van der Waals surface area (Å²) >= 11 is 0. The van der Waals surface area contributed by atoms with E-state index in [-0.39, 0.29) is 80.9 Å². The first-order valence-electron chi connectivity index (χ1n) is 26.9. The molecule has 7 bridgehead atoms. The third kappa shape index (κ3) is 15.2. The van der Waals surface area contributed by atoms with E-state index in [1.165, 1.54) is 13.3 Å². The van der Waals surface area contributed by atoms with Crippen molar-refractivity contribution >= 4 is 76.0 Å². The van der Waals surface area contributed by atoms with E-state index in [2.05, 4.69) is 62.8 Å². The molecule has 4 aliphatic rings. The van der Waals surface area contributed by atoms with Crippen LogP contribution in [0, 0.1) is 23.7 Å². The number of fused-ring (bicyclic) bond motifs is 13. The molecule has 6 heterocycles. The molecule has 430 valence electrons. The zero-order chi connectivity index (χ0) is 58.2. The molecule has 15 N–H and O–H groups in total. The Balaban J connectivity index is 1.59. The molecule has 1 aromatic carbocycles. The molecule has 3 aromatic rings. The predicted octanol–water partition coefficient (Wildman–Crippen LogP) is -1.12. The highest BCUT2D eigenvalue weighted by molar-refractivity contribution is 6.00. The van der Waals surface area contributed by atoms with E-state index >= 15 is 4.79 Å². The lowest BCUT2D eigenvalue weighted by molar-refractivity contribution is -0.143. The molecular weight excluding hydrogens is 1020 g/mol. The second-order valence-corrected chi connectivity index (χ2v) is 22.2. The third-order valence-corrected chi connectivity index (χ3v) is 14.4. The van der Waals surface area contributed by atoms with Gasteiger partial charge >= 0.3 is 5.97 Å². The van der Waals surface area contributed by atoms with Gasteiger partial charge in [-0.2, -0.15) is 0 Å². The van der Waals surface area contributed by atoms with Crippen molar-refractivity contribution in [3.05, 3.63) is 47.5 Å². The van der Waals surface area contributed by atoms with Gasteiger partial charge in [0.2, 0.25) is 53.2 Å². The highest BCUT2D eigenvalue weighted by Crippen LogP contribution is 2.35. The summed E-state index contributed by atoms with van der Waals surface area (Å²) < 4.78 is 1.58. The molecule has 7 rings (SSSR count). The van der Waals surface area contributed by atoms with Crippen LogP contribution in [0.5, 0.6) is 0 Å². The number of nitrogens with two attached hydrogens (primary N) is 2. The van der Waals surface area contributed by atoms with E-state index in [0.29, 0.717) is 27.8 Å². The SMILES string of the molecule is CC(C)CC1NC(=O)C(NC(=O)C2CCC(=O)N2)C(C(C)C)c2ccc3c4c([nH]c3c2)-n2cnc(c2)CC(C(=O)NC(C(=O)O)C(C)C)NC(=O)C(C)NC(=O)C(CCCN=C(N)N)NC(=O)C(C4)NC(=O)C(C(C)C)NC1=O. The molecule has 4 aliphatic heterocycles. The number of carboxylic acids is 1. The van der Waals surface area contributed by atoms with Crippen LogP contribution in [0.1, 0.15) is 117 Å². The molecule has 1 fully saturated rings. The van der Waals surface area contributed by atoms with Gasteiger partial charge in [-0.05, 0) is 67.9 Å². The molecule has 9 amide bonds. The van der Waals surface area contributed by atoms with Gasteiger partial charge in [0.1, 0.15) is 66.5 Å². The van der Waals surface area contributed by atoms with Crippen molar-refractivity contribution in [3.8, 4) is 5.82 Å². The molecule has 0 aliphatic carbocycles. The maximum atomic E-state index is 15.1. The molecule has 26 heteroatoms. The quantitative estimate of drug-likeness (QED) is 0.0394. The van der Waals surface area contributed by atoms with Crippen molar-refractivity contribution < 1.29 is 53.1 Å². The van der Waals surface area contributed by atoms with Crippen LogP contribution in [0.25, 0.3) is 16.7 Å². The average Bonchev–Trinajstić information content (AvgIpc) is 4.24. The number of carboxylic acid groups (broad SMARTS) is 1. The van der Waals surface area contributed by atoms with Crippen LogP contribution in [-0.4, -0.2) is 146 Å². The number of nitrogens with one attached hydrogen (secondary N) is 10. The highest BCUT2D eigenvalue weighted by atomic mass is 16.4. The lowest BCUT2D eigenvalue weighted by atomic mass is 9.81. The van der Waals surface area contributed by atoms with Crippen molar-refractivity contribution in [1.29, 1.82) is 0 Å². The lowest BCUT2D eigenvalue weighted by Crippen LogP contribution is -2.61. The molecule has 79 heavy (non-hydrogen) atoms. The number of carbonyl (C=O) groups excluding carboxylic acids is 9. The molecular formula is C53H77N15O11. The monoisotopic (exact) mass is 1100 g/mol. The molecule has 10 unspecified atom stereocenters. The smallest absolute Gasteiger partial charge is 0.326 e. The summed E-state index contributed by atoms with van der Waals surface area (Å²) in [5, 5.41) is 35.2. The van der Waals surface area contributed by atoms with Crippen molar-refractivity contribution in [2.45, 2.75) is 168 Å². The molecule has 0 saturated carbocycles. The zero-order valence-electron chi connectivity index (χ0n) is 46.2. The number of benzene rings is 1. The summed E-state index contributed by atoms with van der Waals surface area (Å²) in [4.78, 5) is 152. The van der Waals surface area contributed by atoms with E-state index < -0.39 is 125 Å². The number of hydrogen-bond acceptors (Lipinski definition) is 12. The first kappa shape index (κ1) is 60.2. The third-order valence-electron chi connectivity index (χ3n) is 14.4. The van der Waals surface area contributed by atoms with Gasteiger partial charge in [0, 0.05) is 54.4 Å². The fourth-order valence-corrected chi connectivity index (χ4v) is 10.2. The van der Waals surface area contributed by atoms with Crippen molar-refractivity contribution in [1.82, 2.24) is 62.4 Å². The van der Waals surface area contributed by atoms with Crippen LogP contribution >= 0.6 is 0 Å². The van der Waals surface area contributed by atoms with Crippen LogP contribution in [-0.2, 0) is 60.8 Å². The summed E-state index contributed by atoms with van der Waals surface area (Å²) in [5.74, 6) is -10.0. The number of nitrogens with zero attached hydrogens (tertiary/aromatic N) is 3. The topological polar surface area (TPSA) is 397 Å². The van der Waals surface area contributed by atoms with Gasteiger partial charge in [0.05, 0.1) is 5.69 Å². The number of guanidine groups is 1. The molecule has 0 spiro atoms. The van der Waals surface area contributed by atoms with Crippen LogP contribution in [0.4, 0.5) is 0 Å². The van der Waals surface area contributed by atoms with E-state index in [0.717, 1.165) is 0 Å². The van der Waals surface area contributed by atoms with Crippen molar-refractivity contribution in [2.24, 2.45) is 40.1 Å². The second-order valence-electron chi connectivity index (χ2n) is 22.2. The van der Waals surface area contributed by atoms with Crippen LogP contribution in [0.15, 0.2) is 35.7 Å². The largest absolute Gasteiger partial charge is 0.480 e. The van der Waals surface area contributed by atoms with E-state index in [4.69, 9.17) is 11.5 Å². The van der Waals surface area contributed by atoms with Gasteiger partial charge in [-0.1, -0.05) is 67.5 Å². The minimum absolute atomic E-state index is 0.0493. The normalized spacial score (nSPS) is 25.0. The van der Waals surface area contributed by atoms with Gasteiger partial charge in [0.15, 0.2) is 5.96 Å². The summed E-state index contributed by atoms with van der Waals surface area (Å²) in [6.45, 7) is 15.5. The number of aromatic nitrogens is 3. The standard InChI is InChI=1S/C53H77N15O11/c1-23(2)17-35-48(74)65-40(25(5)6)50(76)64-37-20-31-30-13-12-28(39(24(3)4)42(51(77)63-35)67-46(72)33-14-15-38(69)59-33)18-34(30)60-43(31)68-21-29(57-22-68)19-36(49(75)66-41(26(7)8)52(78)79)62-44(70)27(9)58-45(71)32(61-47(37)73)11-10-16-56-53(54)55/h12-13,18,21-27,32-33,35-37,39-42,60H,10-11,14-17,19-20H2,1-9H3,(H,58,71)(H,59,69)(H,61,73)(H,62,70)(H,63,77)(H,64,76)(H,65,74)(H,66,75)(H,67,72)(H,78,79)(H4,54,55,56). The van der Waals surface area contributed by atoms with Crippen LogP contribution in [0.3, 0.4) is 0 Å². The summed E-state index contributed by atoms with van der Waals surface area (Å²) in [5.41, 5.74) is 12.9. The molecule has 1 saturated heterocycles. The van der Waals surface area contributed by atoms with Crippen LogP contribution < -0.4 is 59.3 Å². The number of rotatable bonds is 14. The average molecular weight is 1100 g/mol. The Morgan fingerprint density at radius 2 is 1.48 bits per heavy atom. The Morgan fingerprint density at radius 3 is 2.10 bits per heavy atom. The van der Waals surface area contributed by atoms with Gasteiger partial charge in [0.25, 0.3) is 0 Å². The molecule has 0 radical (unpaired) electrons. The van der Waals surface area contributed by atoms with E-state index in [9.17, 15) is 48.3 Å². The number of imidazole rings is 1. The number of hydrogen-bond donors (Lipinski definition) is 13. The predicted molar refractivity (Wildman–Crippen MR) is 289 cm³/mol. The first-order valence-corrected chi connectivity index (χ1v) is 26.9. The second kappa shape index (κ2) is 26.1. The van der Waals surface area contributed by atoms with E-state index in [1.807, 2.05) is 27.7 Å². The highest BCUT2D eigenvalue weighted by Gasteiger charge is 2.41. The molecule has 10 atom stereocenters. The Morgan fingerprint density at radius 1 is 0.785 bits per heavy atom. The van der Waals surface area contributed by atoms with Gasteiger partial charge < -0.3 is 69.4 Å². The summed E-state index contributed by atoms with van der Waals surface area (Å²) in [6.07, 6.45) is 3.01. The van der Waals surface area contributed by atoms with Gasteiger partial charge in [-0.3, -0.25) is 52.7 Å². The van der Waals surface area contributed by atoms with Gasteiger partial charge in [-0.15, -0.1) is 0 Å². The minimum atomic E-state index is -1.48. The minimum Gasteiger partial charge on any atom is -0.480 e. The van der Waals surface area contributed by atoms with Gasteiger partial charge in [-0.25, -0.2) is 9.78 Å². The number of carbonyl (C=O) groups is 10. The first-order chi connectivity index (χ1) is 37.2. The van der Waals surface area contributed by atoms with Crippen molar-refractivity contribution in [3.63, 3.8) is 0 Å². The summed E-state index contributed by atoms with van der Waals surface area (Å²) in [7, 11) is 0. The maximum Gasteiger partial charge on any atom is 0.326 e. The Bertz CT molecular complexity index is 2830. The lowest BCUT2D eigenvalue weighted by Gasteiger charge is -2.33. The fraction of sp³-hybridized carbons (Fsp3) is 0.585. The van der Waals surface area contributed by atoms with E-state index in [1.54, 1.807) is 56.7 Å². The number of aliphatic imine (C=N–C) groups is 1.